The molecule has 0 bridgehead atoms. The predicted molar refractivity (Wildman–Crippen MR) is 50.9 cm³/mol. The summed E-state index contributed by atoms with van der Waals surface area (Å²) in [5, 5.41) is 0.842. The molecule has 0 saturated heterocycles. The van der Waals surface area contributed by atoms with E-state index in [-0.39, 0.29) is 5.75 Å². The minimum atomic E-state index is -1.91. The van der Waals surface area contributed by atoms with Crippen molar-refractivity contribution in [3.05, 3.63) is 33.8 Å². The topological polar surface area (TPSA) is 37.3 Å². The molecule has 0 aliphatic carbocycles. The van der Waals surface area contributed by atoms with Crippen molar-refractivity contribution in [1.82, 2.24) is 0 Å². The molecule has 0 fully saturated rings. The van der Waals surface area contributed by atoms with E-state index in [0.29, 0.717) is 15.6 Å². The lowest BCUT2D eigenvalue weighted by Crippen LogP contribution is -1.94. The molecule has 0 saturated carbocycles. The highest BCUT2D eigenvalue weighted by Crippen LogP contribution is 2.24. The predicted octanol–water partition coefficient (Wildman–Crippen LogP) is 2.72. The van der Waals surface area contributed by atoms with Gasteiger partial charge in [-0.2, -0.15) is 0 Å². The summed E-state index contributed by atoms with van der Waals surface area (Å²) < 4.78 is 19.1. The molecule has 1 atom stereocenters. The van der Waals surface area contributed by atoms with Crippen LogP contribution in [0.4, 0.5) is 0 Å². The van der Waals surface area contributed by atoms with E-state index in [9.17, 15) is 4.21 Å². The fourth-order valence-corrected chi connectivity index (χ4v) is 2.04. The molecule has 5 heteroatoms. The fourth-order valence-electron chi connectivity index (χ4n) is 0.794. The maximum absolute atomic E-state index is 10.5. The van der Waals surface area contributed by atoms with Crippen molar-refractivity contribution in [2.24, 2.45) is 0 Å². The third-order valence-electron chi connectivity index (χ3n) is 1.33. The van der Waals surface area contributed by atoms with Gasteiger partial charge in [0, 0.05) is 15.6 Å². The van der Waals surface area contributed by atoms with Gasteiger partial charge in [-0.1, -0.05) is 29.3 Å². The van der Waals surface area contributed by atoms with Gasteiger partial charge in [0.1, 0.15) is 0 Å². The average Bonchev–Trinajstić information content (AvgIpc) is 1.97. The molecule has 12 heavy (non-hydrogen) atoms. The molecule has 0 aliphatic rings. The van der Waals surface area contributed by atoms with Crippen LogP contribution >= 0.6 is 23.2 Å². The van der Waals surface area contributed by atoms with Crippen LogP contribution in [0.15, 0.2) is 18.2 Å². The first-order valence-electron chi connectivity index (χ1n) is 3.11. The van der Waals surface area contributed by atoms with Gasteiger partial charge in [0.2, 0.25) is 0 Å². The van der Waals surface area contributed by atoms with E-state index < -0.39 is 11.1 Å². The van der Waals surface area contributed by atoms with Gasteiger partial charge < -0.3 is 4.55 Å². The van der Waals surface area contributed by atoms with Crippen molar-refractivity contribution < 1.29 is 8.76 Å². The molecule has 0 heterocycles. The summed E-state index contributed by atoms with van der Waals surface area (Å²) in [5.41, 5.74) is 0.515. The molecule has 0 aromatic heterocycles. The minimum absolute atomic E-state index is 0.0293. The summed E-state index contributed by atoms with van der Waals surface area (Å²) in [4.78, 5) is 0. The van der Waals surface area contributed by atoms with Gasteiger partial charge in [0.15, 0.2) is 11.1 Å². The molecule has 0 amide bonds. The highest BCUT2D eigenvalue weighted by molar-refractivity contribution is 7.78. The number of halogens is 2. The maximum Gasteiger partial charge on any atom is 0.157 e. The first kappa shape index (κ1) is 9.99. The Morgan fingerprint density at radius 2 is 1.83 bits per heavy atom. The Morgan fingerprint density at radius 1 is 1.33 bits per heavy atom. The second-order valence-electron chi connectivity index (χ2n) is 2.17. The largest absolute Gasteiger partial charge is 0.306 e. The quantitative estimate of drug-likeness (QED) is 0.785. The summed E-state index contributed by atoms with van der Waals surface area (Å²) in [7, 11) is 0. The molecule has 0 spiro atoms. The molecule has 66 valence electrons. The summed E-state index contributed by atoms with van der Waals surface area (Å²) in [6.45, 7) is 0. The van der Waals surface area contributed by atoms with E-state index in [1.165, 1.54) is 0 Å². The van der Waals surface area contributed by atoms with Crippen molar-refractivity contribution in [2.45, 2.75) is 5.75 Å². The van der Waals surface area contributed by atoms with Crippen molar-refractivity contribution in [1.29, 1.82) is 0 Å². The van der Waals surface area contributed by atoms with E-state index in [1.54, 1.807) is 18.2 Å². The normalized spacial score (nSPS) is 12.9. The van der Waals surface area contributed by atoms with Crippen LogP contribution in [0.5, 0.6) is 0 Å². The smallest absolute Gasteiger partial charge is 0.157 e. The number of rotatable bonds is 2. The Balaban J connectivity index is 3.04. The number of hydrogen-bond donors (Lipinski definition) is 1. The van der Waals surface area contributed by atoms with Crippen LogP contribution in [-0.2, 0) is 16.8 Å². The molecular formula is C7H6Cl2O2S. The molecule has 1 rings (SSSR count). The van der Waals surface area contributed by atoms with E-state index in [0.717, 1.165) is 0 Å². The highest BCUT2D eigenvalue weighted by atomic mass is 35.5. The van der Waals surface area contributed by atoms with Gasteiger partial charge in [-0.15, -0.1) is 0 Å². The summed E-state index contributed by atoms with van der Waals surface area (Å²) in [6.07, 6.45) is 0. The zero-order valence-electron chi connectivity index (χ0n) is 5.96. The van der Waals surface area contributed by atoms with E-state index in [1.807, 2.05) is 0 Å². The molecule has 0 radical (unpaired) electrons. The van der Waals surface area contributed by atoms with Crippen LogP contribution in [0, 0.1) is 0 Å². The zero-order valence-corrected chi connectivity index (χ0v) is 8.29. The third kappa shape index (κ3) is 2.45. The van der Waals surface area contributed by atoms with Crippen molar-refractivity contribution in [3.63, 3.8) is 0 Å². The Morgan fingerprint density at radius 3 is 2.25 bits per heavy atom. The summed E-state index contributed by atoms with van der Waals surface area (Å²) in [5.74, 6) is -0.0293. The first-order valence-corrected chi connectivity index (χ1v) is 5.15. The lowest BCUT2D eigenvalue weighted by Gasteiger charge is -2.02. The SMILES string of the molecule is O=S(O)Cc1c(Cl)cccc1Cl. The van der Waals surface area contributed by atoms with Gasteiger partial charge in [0.05, 0.1) is 5.75 Å². The molecule has 1 N–H and O–H groups in total. The van der Waals surface area contributed by atoms with Crippen LogP contribution in [0.2, 0.25) is 10.0 Å². The molecule has 1 unspecified atom stereocenters. The Hall–Kier alpha value is -0.0900. The summed E-state index contributed by atoms with van der Waals surface area (Å²) >= 11 is 9.58. The van der Waals surface area contributed by atoms with E-state index >= 15 is 0 Å². The van der Waals surface area contributed by atoms with Crippen molar-refractivity contribution >= 4 is 34.3 Å². The Labute approximate surface area is 82.8 Å². The Bertz CT molecular complexity index is 294. The monoisotopic (exact) mass is 224 g/mol. The van der Waals surface area contributed by atoms with Gasteiger partial charge in [0.25, 0.3) is 0 Å². The molecular weight excluding hydrogens is 219 g/mol. The summed E-state index contributed by atoms with van der Waals surface area (Å²) in [6, 6.07) is 4.96. The number of hydrogen-bond acceptors (Lipinski definition) is 1. The van der Waals surface area contributed by atoms with Crippen molar-refractivity contribution in [3.8, 4) is 0 Å². The van der Waals surface area contributed by atoms with E-state index in [4.69, 9.17) is 27.8 Å². The highest BCUT2D eigenvalue weighted by Gasteiger charge is 2.07. The van der Waals surface area contributed by atoms with E-state index in [2.05, 4.69) is 0 Å². The van der Waals surface area contributed by atoms with Gasteiger partial charge in [-0.05, 0) is 12.1 Å². The standard InChI is InChI=1S/C7H6Cl2O2S/c8-6-2-1-3-7(9)5(6)4-12(10)11/h1-3H,4H2,(H,10,11). The molecule has 2 nitrogen and oxygen atoms in total. The lowest BCUT2D eigenvalue weighted by molar-refractivity contribution is 0.563. The first-order chi connectivity index (χ1) is 5.61. The second kappa shape index (κ2) is 4.23. The van der Waals surface area contributed by atoms with Gasteiger partial charge in [-0.3, -0.25) is 0 Å². The van der Waals surface area contributed by atoms with Crippen LogP contribution in [0.3, 0.4) is 0 Å². The molecule has 1 aromatic carbocycles. The minimum Gasteiger partial charge on any atom is -0.306 e. The van der Waals surface area contributed by atoms with Crippen molar-refractivity contribution in [2.75, 3.05) is 0 Å². The van der Waals surface area contributed by atoms with Crippen LogP contribution in [0.25, 0.3) is 0 Å². The average molecular weight is 225 g/mol. The van der Waals surface area contributed by atoms with Gasteiger partial charge in [-0.25, -0.2) is 4.21 Å². The van der Waals surface area contributed by atoms with Crippen LogP contribution in [-0.4, -0.2) is 8.76 Å². The van der Waals surface area contributed by atoms with Gasteiger partial charge >= 0.3 is 0 Å². The number of benzene rings is 1. The zero-order chi connectivity index (χ0) is 9.14. The maximum atomic E-state index is 10.5. The third-order valence-corrected chi connectivity index (χ3v) is 2.57. The fraction of sp³-hybridized carbons (Fsp3) is 0.143. The second-order valence-corrected chi connectivity index (χ2v) is 3.91. The van der Waals surface area contributed by atoms with Crippen LogP contribution in [0.1, 0.15) is 5.56 Å². The molecule has 1 aromatic rings. The lowest BCUT2D eigenvalue weighted by atomic mass is 10.2. The van der Waals surface area contributed by atoms with Crippen LogP contribution < -0.4 is 0 Å². The Kier molecular flexibility index (Phi) is 3.53. The molecule has 0 aliphatic heterocycles.